The van der Waals surface area contributed by atoms with Gasteiger partial charge in [-0.25, -0.2) is 0 Å². The van der Waals surface area contributed by atoms with Crippen molar-refractivity contribution < 1.29 is 14.1 Å². The number of nitrogens with zero attached hydrogens (tertiary/aromatic N) is 2. The highest BCUT2D eigenvalue weighted by Gasteiger charge is 2.09. The summed E-state index contributed by atoms with van der Waals surface area (Å²) in [7, 11) is 1.96. The van der Waals surface area contributed by atoms with Gasteiger partial charge in [0.15, 0.2) is 5.82 Å². The summed E-state index contributed by atoms with van der Waals surface area (Å²) in [5.74, 6) is 1.12. The van der Waals surface area contributed by atoms with Gasteiger partial charge >= 0.3 is 0 Å². The van der Waals surface area contributed by atoms with Gasteiger partial charge < -0.3 is 19.7 Å². The first-order chi connectivity index (χ1) is 11.0. The van der Waals surface area contributed by atoms with E-state index >= 15 is 0 Å². The molecule has 0 unspecified atom stereocenters. The van der Waals surface area contributed by atoms with Gasteiger partial charge in [0, 0.05) is 24.5 Å². The third kappa shape index (κ3) is 5.17. The van der Waals surface area contributed by atoms with E-state index < -0.39 is 0 Å². The fraction of sp³-hybridized carbons (Fsp3) is 0.400. The third-order valence-electron chi connectivity index (χ3n) is 3.31. The van der Waals surface area contributed by atoms with Crippen LogP contribution >= 0.6 is 11.8 Å². The highest BCUT2D eigenvalue weighted by Crippen LogP contribution is 2.09. The van der Waals surface area contributed by atoms with E-state index in [1.165, 1.54) is 11.8 Å². The van der Waals surface area contributed by atoms with Crippen molar-refractivity contribution in [1.29, 1.82) is 0 Å². The summed E-state index contributed by atoms with van der Waals surface area (Å²) in [6, 6.07) is 5.62. The van der Waals surface area contributed by atoms with Crippen molar-refractivity contribution in [3.05, 3.63) is 35.3 Å². The summed E-state index contributed by atoms with van der Waals surface area (Å²) < 4.78 is 6.88. The number of thioether (sulfide) groups is 1. The van der Waals surface area contributed by atoms with E-state index in [0.29, 0.717) is 18.1 Å². The second kappa shape index (κ2) is 7.87. The number of anilines is 1. The van der Waals surface area contributed by atoms with E-state index in [4.69, 9.17) is 4.52 Å². The van der Waals surface area contributed by atoms with Gasteiger partial charge in [-0.05, 0) is 26.0 Å². The third-order valence-corrected chi connectivity index (χ3v) is 4.24. The number of amides is 2. The lowest BCUT2D eigenvalue weighted by atomic mass is 10.4. The maximum Gasteiger partial charge on any atom is 0.235 e. The van der Waals surface area contributed by atoms with Crippen molar-refractivity contribution in [3.63, 3.8) is 0 Å². The highest BCUT2D eigenvalue weighted by atomic mass is 32.2. The number of carbonyl (C=O) groups excluding carboxylic acids is 2. The van der Waals surface area contributed by atoms with Crippen molar-refractivity contribution in [2.45, 2.75) is 20.4 Å². The van der Waals surface area contributed by atoms with Crippen LogP contribution in [0.1, 0.15) is 17.1 Å². The van der Waals surface area contributed by atoms with Crippen LogP contribution in [0.2, 0.25) is 0 Å². The van der Waals surface area contributed by atoms with Gasteiger partial charge in [0.1, 0.15) is 5.76 Å². The molecule has 0 spiro atoms. The Kier molecular flexibility index (Phi) is 5.86. The molecule has 0 atom stereocenters. The molecule has 2 amide bonds. The molecule has 23 heavy (non-hydrogen) atoms. The zero-order chi connectivity index (χ0) is 16.8. The summed E-state index contributed by atoms with van der Waals surface area (Å²) in [5.41, 5.74) is 2.18. The lowest BCUT2D eigenvalue weighted by Gasteiger charge is -2.07. The highest BCUT2D eigenvalue weighted by molar-refractivity contribution is 8.00. The Morgan fingerprint density at radius 2 is 2.00 bits per heavy atom. The molecule has 2 N–H and O–H groups in total. The van der Waals surface area contributed by atoms with Crippen LogP contribution in [-0.4, -0.2) is 33.0 Å². The molecule has 0 saturated heterocycles. The molecular weight excluding hydrogens is 316 g/mol. The molecule has 8 heteroatoms. The van der Waals surface area contributed by atoms with Crippen LogP contribution < -0.4 is 10.6 Å². The molecular formula is C15H20N4O3S. The molecule has 0 fully saturated rings. The Labute approximate surface area is 138 Å². The molecule has 2 aromatic heterocycles. The Morgan fingerprint density at radius 1 is 1.26 bits per heavy atom. The van der Waals surface area contributed by atoms with Crippen molar-refractivity contribution in [3.8, 4) is 0 Å². The number of aromatic nitrogens is 2. The predicted molar refractivity (Wildman–Crippen MR) is 89.2 cm³/mol. The maximum absolute atomic E-state index is 11.8. The summed E-state index contributed by atoms with van der Waals surface area (Å²) in [6.07, 6.45) is 0. The molecule has 0 aliphatic heterocycles. The topological polar surface area (TPSA) is 89.2 Å². The minimum atomic E-state index is -0.214. The van der Waals surface area contributed by atoms with Crippen LogP contribution in [0, 0.1) is 13.8 Å². The van der Waals surface area contributed by atoms with Crippen LogP contribution in [-0.2, 0) is 23.2 Å². The second-order valence-corrected chi connectivity index (χ2v) is 6.15. The lowest BCUT2D eigenvalue weighted by Crippen LogP contribution is -2.26. The number of carbonyl (C=O) groups is 2. The first kappa shape index (κ1) is 17.1. The maximum atomic E-state index is 11.8. The molecule has 0 saturated carbocycles. The van der Waals surface area contributed by atoms with Gasteiger partial charge in [-0.2, -0.15) is 0 Å². The van der Waals surface area contributed by atoms with Gasteiger partial charge in [-0.3, -0.25) is 9.59 Å². The molecule has 0 aliphatic rings. The molecule has 0 radical (unpaired) electrons. The van der Waals surface area contributed by atoms with Crippen LogP contribution in [0.5, 0.6) is 0 Å². The molecule has 0 aromatic carbocycles. The summed E-state index contributed by atoms with van der Waals surface area (Å²) in [5, 5.41) is 9.12. The monoisotopic (exact) mass is 336 g/mol. The lowest BCUT2D eigenvalue weighted by molar-refractivity contribution is -0.118. The molecule has 0 bridgehead atoms. The zero-order valence-corrected chi connectivity index (χ0v) is 14.2. The van der Waals surface area contributed by atoms with Crippen molar-refractivity contribution in [2.24, 2.45) is 7.05 Å². The van der Waals surface area contributed by atoms with E-state index in [0.717, 1.165) is 11.4 Å². The standard InChI is InChI=1S/C15H20N4O3S/c1-10-4-5-12(19(10)3)7-16-14(20)8-23-9-15(21)17-13-6-11(2)22-18-13/h4-6H,7-9H2,1-3H3,(H,16,20)(H,17,18,21). The summed E-state index contributed by atoms with van der Waals surface area (Å²) >= 11 is 1.25. The number of hydrogen-bond donors (Lipinski definition) is 2. The fourth-order valence-corrected chi connectivity index (χ4v) is 2.57. The first-order valence-corrected chi connectivity index (χ1v) is 8.30. The van der Waals surface area contributed by atoms with Crippen LogP contribution in [0.4, 0.5) is 5.82 Å². The van der Waals surface area contributed by atoms with E-state index in [1.807, 2.05) is 30.7 Å². The fourth-order valence-electron chi connectivity index (χ4n) is 1.93. The smallest absolute Gasteiger partial charge is 0.235 e. The van der Waals surface area contributed by atoms with Crippen LogP contribution in [0.15, 0.2) is 22.7 Å². The Morgan fingerprint density at radius 3 is 2.61 bits per heavy atom. The van der Waals surface area contributed by atoms with Gasteiger partial charge in [0.05, 0.1) is 18.1 Å². The van der Waals surface area contributed by atoms with Crippen molar-refractivity contribution in [1.82, 2.24) is 15.0 Å². The average molecular weight is 336 g/mol. The van der Waals surface area contributed by atoms with E-state index in [2.05, 4.69) is 15.8 Å². The Balaban J connectivity index is 1.64. The Bertz CT molecular complexity index is 693. The van der Waals surface area contributed by atoms with Crippen molar-refractivity contribution >= 4 is 29.4 Å². The molecule has 2 aromatic rings. The molecule has 2 rings (SSSR count). The van der Waals surface area contributed by atoms with E-state index in [9.17, 15) is 9.59 Å². The molecule has 2 heterocycles. The van der Waals surface area contributed by atoms with Gasteiger partial charge in [0.2, 0.25) is 11.8 Å². The van der Waals surface area contributed by atoms with Gasteiger partial charge in [-0.1, -0.05) is 5.16 Å². The first-order valence-electron chi connectivity index (χ1n) is 7.14. The number of nitrogens with one attached hydrogen (secondary N) is 2. The Hall–Kier alpha value is -2.22. The van der Waals surface area contributed by atoms with Gasteiger partial charge in [0.25, 0.3) is 0 Å². The minimum absolute atomic E-state index is 0.0982. The molecule has 7 nitrogen and oxygen atoms in total. The summed E-state index contributed by atoms with van der Waals surface area (Å²) in [6.45, 7) is 4.24. The average Bonchev–Trinajstić information content (AvgIpc) is 3.04. The van der Waals surface area contributed by atoms with E-state index in [1.54, 1.807) is 13.0 Å². The zero-order valence-electron chi connectivity index (χ0n) is 13.4. The van der Waals surface area contributed by atoms with Gasteiger partial charge in [-0.15, -0.1) is 11.8 Å². The molecule has 124 valence electrons. The van der Waals surface area contributed by atoms with Crippen LogP contribution in [0.3, 0.4) is 0 Å². The minimum Gasteiger partial charge on any atom is -0.360 e. The largest absolute Gasteiger partial charge is 0.360 e. The van der Waals surface area contributed by atoms with Crippen molar-refractivity contribution in [2.75, 3.05) is 16.8 Å². The SMILES string of the molecule is Cc1cc(NC(=O)CSCC(=O)NCc2ccc(C)n2C)no1. The number of hydrogen-bond acceptors (Lipinski definition) is 5. The quantitative estimate of drug-likeness (QED) is 0.802. The summed E-state index contributed by atoms with van der Waals surface area (Å²) in [4.78, 5) is 23.5. The number of rotatable bonds is 7. The normalized spacial score (nSPS) is 10.6. The second-order valence-electron chi connectivity index (χ2n) is 5.17. The number of aryl methyl sites for hydroxylation is 2. The van der Waals surface area contributed by atoms with Crippen LogP contribution in [0.25, 0.3) is 0 Å². The molecule has 0 aliphatic carbocycles. The van der Waals surface area contributed by atoms with E-state index in [-0.39, 0.29) is 23.3 Å². The predicted octanol–water partition coefficient (Wildman–Crippen LogP) is 1.62.